The van der Waals surface area contributed by atoms with Crippen LogP contribution < -0.4 is 5.32 Å². The van der Waals surface area contributed by atoms with E-state index in [4.69, 9.17) is 0 Å². The number of carbonyl (C=O) groups is 2. The fraction of sp³-hybridized carbons (Fsp3) is 0.240. The van der Waals surface area contributed by atoms with Crippen molar-refractivity contribution in [1.29, 1.82) is 0 Å². The predicted molar refractivity (Wildman–Crippen MR) is 122 cm³/mol. The molecule has 8 heteroatoms. The second-order valence-corrected chi connectivity index (χ2v) is 8.31. The minimum absolute atomic E-state index is 0.151. The first-order valence-corrected chi connectivity index (χ1v) is 10.9. The van der Waals surface area contributed by atoms with Crippen molar-refractivity contribution in [2.24, 2.45) is 0 Å². The third-order valence-electron chi connectivity index (χ3n) is 6.09. The minimum atomic E-state index is -0.718. The average molecular weight is 445 g/mol. The van der Waals surface area contributed by atoms with E-state index in [1.165, 1.54) is 19.1 Å². The normalized spacial score (nSPS) is 14.2. The van der Waals surface area contributed by atoms with Gasteiger partial charge in [0.1, 0.15) is 11.9 Å². The van der Waals surface area contributed by atoms with Gasteiger partial charge in [-0.15, -0.1) is 0 Å². The average Bonchev–Trinajstić information content (AvgIpc) is 3.41. The number of rotatable bonds is 5. The largest absolute Gasteiger partial charge is 0.361 e. The molecular weight excluding hydrogens is 421 g/mol. The molecule has 0 fully saturated rings. The van der Waals surface area contributed by atoms with E-state index in [0.29, 0.717) is 31.4 Å². The standard InChI is InChI=1S/C25H24FN5O2/c1-16(32)29-22(11-17-13-27-21-12-18(26)7-8-20(17)21)25(33)30-10-9-24-23(14-30)28-15-31(24)19-5-3-2-4-6-19/h2-8,12-13,15,22,27H,9-11,14H2,1H3,(H,29,32). The van der Waals surface area contributed by atoms with Crippen LogP contribution in [0.4, 0.5) is 4.39 Å². The fourth-order valence-electron chi connectivity index (χ4n) is 4.52. The summed E-state index contributed by atoms with van der Waals surface area (Å²) in [5, 5.41) is 3.64. The quantitative estimate of drug-likeness (QED) is 0.495. The number of H-pyrrole nitrogens is 1. The molecule has 1 unspecified atom stereocenters. The molecule has 4 aromatic rings. The maximum Gasteiger partial charge on any atom is 0.245 e. The van der Waals surface area contributed by atoms with Crippen LogP contribution in [0.5, 0.6) is 0 Å². The van der Waals surface area contributed by atoms with E-state index in [-0.39, 0.29) is 17.6 Å². The van der Waals surface area contributed by atoms with Gasteiger partial charge in [-0.2, -0.15) is 0 Å². The number of halogens is 1. The molecule has 7 nitrogen and oxygen atoms in total. The van der Waals surface area contributed by atoms with Crippen LogP contribution in [-0.4, -0.2) is 43.8 Å². The number of amides is 2. The minimum Gasteiger partial charge on any atom is -0.361 e. The number of aromatic amines is 1. The molecular formula is C25H24FN5O2. The third kappa shape index (κ3) is 4.11. The van der Waals surface area contributed by atoms with Gasteiger partial charge in [-0.05, 0) is 35.9 Å². The van der Waals surface area contributed by atoms with E-state index in [9.17, 15) is 14.0 Å². The van der Waals surface area contributed by atoms with E-state index in [2.05, 4.69) is 19.9 Å². The van der Waals surface area contributed by atoms with Crippen LogP contribution in [0, 0.1) is 5.82 Å². The van der Waals surface area contributed by atoms with Crippen LogP contribution in [0.1, 0.15) is 23.9 Å². The zero-order valence-corrected chi connectivity index (χ0v) is 18.2. The highest BCUT2D eigenvalue weighted by Crippen LogP contribution is 2.24. The number of hydrogen-bond donors (Lipinski definition) is 2. The Balaban J connectivity index is 1.37. The SMILES string of the molecule is CC(=O)NC(Cc1c[nH]c2cc(F)ccc12)C(=O)N1CCc2c(ncn2-c2ccccc2)C1. The van der Waals surface area contributed by atoms with Crippen LogP contribution in [-0.2, 0) is 29.0 Å². The van der Waals surface area contributed by atoms with Gasteiger partial charge in [-0.3, -0.25) is 9.59 Å². The summed E-state index contributed by atoms with van der Waals surface area (Å²) in [4.78, 5) is 34.7. The molecule has 1 aliphatic rings. The first-order chi connectivity index (χ1) is 16.0. The molecule has 0 bridgehead atoms. The Kier molecular flexibility index (Phi) is 5.42. The number of carbonyl (C=O) groups excluding carboxylic acids is 2. The maximum absolute atomic E-state index is 13.5. The van der Waals surface area contributed by atoms with Crippen LogP contribution in [0.3, 0.4) is 0 Å². The lowest BCUT2D eigenvalue weighted by Gasteiger charge is -2.30. The Hall–Kier alpha value is -3.94. The molecule has 0 spiro atoms. The lowest BCUT2D eigenvalue weighted by molar-refractivity contribution is -0.136. The van der Waals surface area contributed by atoms with E-state index in [1.807, 2.05) is 30.3 Å². The summed E-state index contributed by atoms with van der Waals surface area (Å²) in [5.41, 5.74) is 4.51. The molecule has 1 aliphatic heterocycles. The summed E-state index contributed by atoms with van der Waals surface area (Å²) in [5.74, 6) is -0.753. The molecule has 168 valence electrons. The maximum atomic E-state index is 13.5. The second-order valence-electron chi connectivity index (χ2n) is 8.31. The number of nitrogens with one attached hydrogen (secondary N) is 2. The van der Waals surface area contributed by atoms with Gasteiger partial charge in [0.2, 0.25) is 11.8 Å². The van der Waals surface area contributed by atoms with E-state index >= 15 is 0 Å². The Bertz CT molecular complexity index is 1330. The highest BCUT2D eigenvalue weighted by molar-refractivity contribution is 5.89. The molecule has 2 aromatic heterocycles. The van der Waals surface area contributed by atoms with Gasteiger partial charge in [0.15, 0.2) is 0 Å². The molecule has 0 aliphatic carbocycles. The molecule has 33 heavy (non-hydrogen) atoms. The van der Waals surface area contributed by atoms with Crippen LogP contribution >= 0.6 is 0 Å². The number of fused-ring (bicyclic) bond motifs is 2. The number of para-hydroxylation sites is 1. The van der Waals surface area contributed by atoms with Gasteiger partial charge < -0.3 is 19.8 Å². The zero-order valence-electron chi connectivity index (χ0n) is 18.2. The van der Waals surface area contributed by atoms with Crippen molar-refractivity contribution in [3.05, 3.63) is 83.8 Å². The van der Waals surface area contributed by atoms with Crippen molar-refractivity contribution in [3.63, 3.8) is 0 Å². The number of aromatic nitrogens is 3. The van der Waals surface area contributed by atoms with Gasteiger partial charge in [0.25, 0.3) is 0 Å². The Labute approximate surface area is 190 Å². The lowest BCUT2D eigenvalue weighted by Crippen LogP contribution is -2.50. The predicted octanol–water partition coefficient (Wildman–Crippen LogP) is 3.12. The number of nitrogens with zero attached hydrogens (tertiary/aromatic N) is 3. The van der Waals surface area contributed by atoms with E-state index < -0.39 is 6.04 Å². The highest BCUT2D eigenvalue weighted by Gasteiger charge is 2.30. The summed E-state index contributed by atoms with van der Waals surface area (Å²) in [7, 11) is 0. The highest BCUT2D eigenvalue weighted by atomic mass is 19.1. The van der Waals surface area contributed by atoms with E-state index in [0.717, 1.165) is 28.0 Å². The van der Waals surface area contributed by atoms with Gasteiger partial charge in [0, 0.05) is 54.8 Å². The van der Waals surface area contributed by atoms with Crippen molar-refractivity contribution in [2.45, 2.75) is 32.4 Å². The molecule has 2 amide bonds. The molecule has 1 atom stereocenters. The summed E-state index contributed by atoms with van der Waals surface area (Å²) < 4.78 is 15.6. The molecule has 2 N–H and O–H groups in total. The summed E-state index contributed by atoms with van der Waals surface area (Å²) in [6.45, 7) is 2.34. The number of imidazole rings is 1. The fourth-order valence-corrected chi connectivity index (χ4v) is 4.52. The first-order valence-electron chi connectivity index (χ1n) is 10.9. The van der Waals surface area contributed by atoms with Crippen molar-refractivity contribution >= 4 is 22.7 Å². The smallest absolute Gasteiger partial charge is 0.245 e. The summed E-state index contributed by atoms with van der Waals surface area (Å²) >= 11 is 0. The van der Waals surface area contributed by atoms with Crippen LogP contribution in [0.25, 0.3) is 16.6 Å². The van der Waals surface area contributed by atoms with Crippen molar-refractivity contribution in [3.8, 4) is 5.69 Å². The Morgan fingerprint density at radius 2 is 2.03 bits per heavy atom. The van der Waals surface area contributed by atoms with Gasteiger partial charge in [0.05, 0.1) is 18.6 Å². The monoisotopic (exact) mass is 445 g/mol. The second kappa shape index (κ2) is 8.54. The third-order valence-corrected chi connectivity index (χ3v) is 6.09. The summed E-state index contributed by atoms with van der Waals surface area (Å²) in [6, 6.07) is 13.8. The molecule has 5 rings (SSSR count). The van der Waals surface area contributed by atoms with Crippen LogP contribution in [0.2, 0.25) is 0 Å². The summed E-state index contributed by atoms with van der Waals surface area (Å²) in [6.07, 6.45) is 4.55. The molecule has 0 saturated carbocycles. The van der Waals surface area contributed by atoms with Crippen molar-refractivity contribution < 1.29 is 14.0 Å². The van der Waals surface area contributed by atoms with Crippen molar-refractivity contribution in [2.75, 3.05) is 6.54 Å². The van der Waals surface area contributed by atoms with Gasteiger partial charge in [-0.1, -0.05) is 18.2 Å². The zero-order chi connectivity index (χ0) is 22.9. The topological polar surface area (TPSA) is 83.0 Å². The van der Waals surface area contributed by atoms with Crippen molar-refractivity contribution in [1.82, 2.24) is 24.8 Å². The van der Waals surface area contributed by atoms with Gasteiger partial charge >= 0.3 is 0 Å². The Morgan fingerprint density at radius 3 is 2.82 bits per heavy atom. The van der Waals surface area contributed by atoms with Crippen LogP contribution in [0.15, 0.2) is 61.1 Å². The lowest BCUT2D eigenvalue weighted by atomic mass is 10.0. The van der Waals surface area contributed by atoms with Gasteiger partial charge in [-0.25, -0.2) is 9.37 Å². The number of hydrogen-bond acceptors (Lipinski definition) is 3. The molecule has 0 saturated heterocycles. The van der Waals surface area contributed by atoms with E-state index in [1.54, 1.807) is 23.5 Å². The molecule has 0 radical (unpaired) electrons. The molecule has 3 heterocycles. The first kappa shape index (κ1) is 20.9. The molecule has 2 aromatic carbocycles. The Morgan fingerprint density at radius 1 is 1.21 bits per heavy atom. The number of benzene rings is 2.